The number of alkyl halides is 1. The zero-order chi connectivity index (χ0) is 9.84. The van der Waals surface area contributed by atoms with E-state index < -0.39 is 12.1 Å². The first kappa shape index (κ1) is 10.2. The fraction of sp³-hybridized carbons (Fsp3) is 0.222. The quantitative estimate of drug-likeness (QED) is 0.797. The first-order valence-corrected chi connectivity index (χ1v) is 4.83. The Morgan fingerprint density at radius 1 is 1.38 bits per heavy atom. The number of hydrogen-bond donors (Lipinski definition) is 2. The van der Waals surface area contributed by atoms with Crippen LogP contribution in [0.5, 0.6) is 0 Å². The average Bonchev–Trinajstić information content (AvgIpc) is 2.17. The lowest BCUT2D eigenvalue weighted by molar-refractivity contribution is -0.146. The van der Waals surface area contributed by atoms with E-state index in [1.165, 1.54) is 0 Å². The van der Waals surface area contributed by atoms with Crippen molar-refractivity contribution >= 4 is 21.9 Å². The number of carboxylic acid groups (broad SMARTS) is 1. The van der Waals surface area contributed by atoms with Gasteiger partial charge in [0.1, 0.15) is 0 Å². The van der Waals surface area contributed by atoms with Crippen LogP contribution < -0.4 is 0 Å². The summed E-state index contributed by atoms with van der Waals surface area (Å²) in [4.78, 5) is 10.4. The highest BCUT2D eigenvalue weighted by molar-refractivity contribution is 9.08. The average molecular weight is 245 g/mol. The molecule has 0 aliphatic carbocycles. The molecular formula is C9H9BrO3. The maximum absolute atomic E-state index is 10.4. The molecule has 0 aliphatic heterocycles. The maximum Gasteiger partial charge on any atom is 0.337 e. The first-order chi connectivity index (χ1) is 6.15. The third kappa shape index (κ3) is 2.54. The van der Waals surface area contributed by atoms with Crippen LogP contribution in [0.1, 0.15) is 17.2 Å². The molecule has 0 bridgehead atoms. The molecule has 1 aromatic carbocycles. The topological polar surface area (TPSA) is 57.5 Å². The molecule has 13 heavy (non-hydrogen) atoms. The van der Waals surface area contributed by atoms with E-state index in [1.807, 2.05) is 0 Å². The van der Waals surface area contributed by atoms with Gasteiger partial charge in [0.25, 0.3) is 0 Å². The summed E-state index contributed by atoms with van der Waals surface area (Å²) in [7, 11) is 0. The van der Waals surface area contributed by atoms with Crippen LogP contribution in [-0.2, 0) is 10.1 Å². The SMILES string of the molecule is O=C(O)C(O)c1ccc(CBr)cc1. The predicted molar refractivity (Wildman–Crippen MR) is 51.7 cm³/mol. The zero-order valence-electron chi connectivity index (χ0n) is 6.77. The zero-order valence-corrected chi connectivity index (χ0v) is 8.36. The van der Waals surface area contributed by atoms with Crippen LogP contribution >= 0.6 is 15.9 Å². The second kappa shape index (κ2) is 4.39. The van der Waals surface area contributed by atoms with E-state index in [0.717, 1.165) is 10.9 Å². The van der Waals surface area contributed by atoms with E-state index in [1.54, 1.807) is 24.3 Å². The Morgan fingerprint density at radius 3 is 2.31 bits per heavy atom. The summed E-state index contributed by atoms with van der Waals surface area (Å²) in [5.74, 6) is -1.23. The predicted octanol–water partition coefficient (Wildman–Crippen LogP) is 1.70. The van der Waals surface area contributed by atoms with E-state index in [2.05, 4.69) is 15.9 Å². The van der Waals surface area contributed by atoms with E-state index in [9.17, 15) is 4.79 Å². The number of halogens is 1. The molecule has 0 saturated heterocycles. The maximum atomic E-state index is 10.4. The second-order valence-electron chi connectivity index (χ2n) is 2.62. The highest BCUT2D eigenvalue weighted by Crippen LogP contribution is 2.14. The van der Waals surface area contributed by atoms with Gasteiger partial charge in [-0.15, -0.1) is 0 Å². The lowest BCUT2D eigenvalue weighted by Crippen LogP contribution is -2.10. The van der Waals surface area contributed by atoms with Crippen molar-refractivity contribution in [3.05, 3.63) is 35.4 Å². The lowest BCUT2D eigenvalue weighted by atomic mass is 10.1. The Balaban J connectivity index is 2.85. The molecule has 1 unspecified atom stereocenters. The Morgan fingerprint density at radius 2 is 1.92 bits per heavy atom. The van der Waals surface area contributed by atoms with Gasteiger partial charge in [0.2, 0.25) is 0 Å². The molecule has 70 valence electrons. The van der Waals surface area contributed by atoms with Gasteiger partial charge in [-0.1, -0.05) is 40.2 Å². The standard InChI is InChI=1S/C9H9BrO3/c10-5-6-1-3-7(4-2-6)8(11)9(12)13/h1-4,8,11H,5H2,(H,12,13). The van der Waals surface area contributed by atoms with Crippen LogP contribution in [0, 0.1) is 0 Å². The summed E-state index contributed by atoms with van der Waals surface area (Å²) >= 11 is 3.27. The molecular weight excluding hydrogens is 236 g/mol. The summed E-state index contributed by atoms with van der Waals surface area (Å²) in [5.41, 5.74) is 1.44. The molecule has 0 radical (unpaired) electrons. The Labute approximate surface area is 84.1 Å². The Hall–Kier alpha value is -0.870. The van der Waals surface area contributed by atoms with Crippen LogP contribution in [-0.4, -0.2) is 16.2 Å². The summed E-state index contributed by atoms with van der Waals surface area (Å²) in [5, 5.41) is 18.4. The smallest absolute Gasteiger partial charge is 0.337 e. The third-order valence-electron chi connectivity index (χ3n) is 1.68. The van der Waals surface area contributed by atoms with Crippen LogP contribution in [0.2, 0.25) is 0 Å². The van der Waals surface area contributed by atoms with Crippen molar-refractivity contribution in [3.63, 3.8) is 0 Å². The van der Waals surface area contributed by atoms with Gasteiger partial charge in [-0.3, -0.25) is 0 Å². The minimum atomic E-state index is -1.43. The van der Waals surface area contributed by atoms with Gasteiger partial charge in [-0.2, -0.15) is 0 Å². The van der Waals surface area contributed by atoms with Crippen molar-refractivity contribution in [2.45, 2.75) is 11.4 Å². The van der Waals surface area contributed by atoms with Crippen LogP contribution in [0.4, 0.5) is 0 Å². The van der Waals surface area contributed by atoms with Gasteiger partial charge in [0.15, 0.2) is 6.10 Å². The number of carbonyl (C=O) groups is 1. The number of hydrogen-bond acceptors (Lipinski definition) is 2. The monoisotopic (exact) mass is 244 g/mol. The first-order valence-electron chi connectivity index (χ1n) is 3.71. The van der Waals surface area contributed by atoms with Crippen LogP contribution in [0.25, 0.3) is 0 Å². The molecule has 0 saturated carbocycles. The van der Waals surface area contributed by atoms with Crippen molar-refractivity contribution in [1.82, 2.24) is 0 Å². The van der Waals surface area contributed by atoms with Crippen LogP contribution in [0.15, 0.2) is 24.3 Å². The number of benzene rings is 1. The lowest BCUT2D eigenvalue weighted by Gasteiger charge is -2.05. The molecule has 0 spiro atoms. The molecule has 0 aromatic heterocycles. The van der Waals surface area contributed by atoms with Crippen LogP contribution in [0.3, 0.4) is 0 Å². The van der Waals surface area contributed by atoms with Gasteiger partial charge in [0.05, 0.1) is 0 Å². The number of aliphatic hydroxyl groups excluding tert-OH is 1. The fourth-order valence-corrected chi connectivity index (χ4v) is 1.31. The highest BCUT2D eigenvalue weighted by Gasteiger charge is 2.14. The number of aliphatic hydroxyl groups is 1. The minimum absolute atomic E-state index is 0.400. The van der Waals surface area contributed by atoms with Crippen molar-refractivity contribution in [1.29, 1.82) is 0 Å². The van der Waals surface area contributed by atoms with Gasteiger partial charge in [-0.05, 0) is 11.1 Å². The van der Waals surface area contributed by atoms with Gasteiger partial charge in [0, 0.05) is 5.33 Å². The van der Waals surface area contributed by atoms with Crippen molar-refractivity contribution < 1.29 is 15.0 Å². The van der Waals surface area contributed by atoms with Crippen molar-refractivity contribution in [3.8, 4) is 0 Å². The highest BCUT2D eigenvalue weighted by atomic mass is 79.9. The van der Waals surface area contributed by atoms with E-state index in [-0.39, 0.29) is 0 Å². The summed E-state index contributed by atoms with van der Waals surface area (Å²) in [6.07, 6.45) is -1.43. The van der Waals surface area contributed by atoms with Gasteiger partial charge in [-0.25, -0.2) is 4.79 Å². The second-order valence-corrected chi connectivity index (χ2v) is 3.18. The molecule has 3 nitrogen and oxygen atoms in total. The van der Waals surface area contributed by atoms with Crippen molar-refractivity contribution in [2.75, 3.05) is 0 Å². The van der Waals surface area contributed by atoms with Gasteiger partial charge >= 0.3 is 5.97 Å². The number of aliphatic carboxylic acids is 1. The molecule has 0 amide bonds. The van der Waals surface area contributed by atoms with Gasteiger partial charge < -0.3 is 10.2 Å². The minimum Gasteiger partial charge on any atom is -0.479 e. The summed E-state index contributed by atoms with van der Waals surface area (Å²) in [6.45, 7) is 0. The summed E-state index contributed by atoms with van der Waals surface area (Å²) in [6, 6.07) is 6.76. The normalized spacial score (nSPS) is 12.5. The molecule has 1 rings (SSSR count). The molecule has 1 atom stereocenters. The molecule has 4 heteroatoms. The fourth-order valence-electron chi connectivity index (χ4n) is 0.932. The molecule has 2 N–H and O–H groups in total. The number of rotatable bonds is 3. The molecule has 0 fully saturated rings. The molecule has 0 aliphatic rings. The molecule has 1 aromatic rings. The largest absolute Gasteiger partial charge is 0.479 e. The molecule has 0 heterocycles. The third-order valence-corrected chi connectivity index (χ3v) is 2.33. The van der Waals surface area contributed by atoms with E-state index >= 15 is 0 Å². The van der Waals surface area contributed by atoms with Crippen molar-refractivity contribution in [2.24, 2.45) is 0 Å². The summed E-state index contributed by atoms with van der Waals surface area (Å²) < 4.78 is 0. The Kier molecular flexibility index (Phi) is 3.45. The Bertz CT molecular complexity index is 294. The number of carboxylic acids is 1. The van der Waals surface area contributed by atoms with E-state index in [0.29, 0.717) is 5.56 Å². The van der Waals surface area contributed by atoms with E-state index in [4.69, 9.17) is 10.2 Å².